The van der Waals surface area contributed by atoms with Crippen LogP contribution in [0.4, 0.5) is 11.4 Å². The third kappa shape index (κ3) is 2.33. The molecule has 0 unspecified atom stereocenters. The highest BCUT2D eigenvalue weighted by Gasteiger charge is 2.19. The van der Waals surface area contributed by atoms with Crippen molar-refractivity contribution in [3.63, 3.8) is 0 Å². The summed E-state index contributed by atoms with van der Waals surface area (Å²) in [6, 6.07) is 15.6. The zero-order chi connectivity index (χ0) is 13.9. The van der Waals surface area contributed by atoms with Crippen molar-refractivity contribution >= 4 is 22.9 Å². The van der Waals surface area contributed by atoms with Gasteiger partial charge in [-0.2, -0.15) is 0 Å². The molecular formula is C16H15N3O. The van der Waals surface area contributed by atoms with Gasteiger partial charge in [-0.3, -0.25) is 9.79 Å². The number of para-hydroxylation sites is 1. The SMILES string of the molecule is NCC1=NCC(=O)c2cc(Nc3ccccc3)ccc21. The lowest BCUT2D eigenvalue weighted by molar-refractivity contribution is 0.1000. The predicted molar refractivity (Wildman–Crippen MR) is 81.0 cm³/mol. The van der Waals surface area contributed by atoms with Crippen molar-refractivity contribution in [1.29, 1.82) is 0 Å². The van der Waals surface area contributed by atoms with Gasteiger partial charge in [0.25, 0.3) is 0 Å². The average Bonchev–Trinajstić information content (AvgIpc) is 2.49. The summed E-state index contributed by atoms with van der Waals surface area (Å²) < 4.78 is 0. The number of anilines is 2. The molecule has 1 heterocycles. The van der Waals surface area contributed by atoms with Gasteiger partial charge in [0, 0.05) is 29.0 Å². The number of hydrogen-bond donors (Lipinski definition) is 2. The molecular weight excluding hydrogens is 250 g/mol. The van der Waals surface area contributed by atoms with E-state index < -0.39 is 0 Å². The number of nitrogens with two attached hydrogens (primary N) is 1. The van der Waals surface area contributed by atoms with Crippen molar-refractivity contribution in [2.75, 3.05) is 18.4 Å². The van der Waals surface area contributed by atoms with Gasteiger partial charge < -0.3 is 11.1 Å². The van der Waals surface area contributed by atoms with Crippen LogP contribution in [0.2, 0.25) is 0 Å². The molecule has 1 aliphatic rings. The molecule has 20 heavy (non-hydrogen) atoms. The van der Waals surface area contributed by atoms with E-state index in [0.717, 1.165) is 22.6 Å². The molecule has 0 amide bonds. The van der Waals surface area contributed by atoms with Gasteiger partial charge in [-0.15, -0.1) is 0 Å². The monoisotopic (exact) mass is 265 g/mol. The first-order valence-electron chi connectivity index (χ1n) is 6.51. The molecule has 2 aromatic rings. The second kappa shape index (κ2) is 5.27. The van der Waals surface area contributed by atoms with Crippen LogP contribution in [0.3, 0.4) is 0 Å². The molecule has 0 saturated heterocycles. The maximum absolute atomic E-state index is 12.0. The van der Waals surface area contributed by atoms with E-state index in [9.17, 15) is 4.79 Å². The number of rotatable bonds is 3. The highest BCUT2D eigenvalue weighted by atomic mass is 16.1. The highest BCUT2D eigenvalue weighted by molar-refractivity contribution is 6.16. The zero-order valence-corrected chi connectivity index (χ0v) is 11.0. The summed E-state index contributed by atoms with van der Waals surface area (Å²) in [5.41, 5.74) is 9.89. The van der Waals surface area contributed by atoms with E-state index in [1.807, 2.05) is 48.5 Å². The van der Waals surface area contributed by atoms with Crippen molar-refractivity contribution < 1.29 is 4.79 Å². The topological polar surface area (TPSA) is 67.5 Å². The van der Waals surface area contributed by atoms with E-state index in [2.05, 4.69) is 10.3 Å². The number of carbonyl (C=O) groups is 1. The van der Waals surface area contributed by atoms with Gasteiger partial charge >= 0.3 is 0 Å². The molecule has 0 radical (unpaired) electrons. The number of nitrogens with zero attached hydrogens (tertiary/aromatic N) is 1. The first-order chi connectivity index (χ1) is 9.78. The van der Waals surface area contributed by atoms with E-state index in [1.54, 1.807) is 0 Å². The van der Waals surface area contributed by atoms with E-state index in [4.69, 9.17) is 5.73 Å². The number of Topliss-reactive ketones (excluding diaryl/α,β-unsaturated/α-hetero) is 1. The minimum Gasteiger partial charge on any atom is -0.356 e. The van der Waals surface area contributed by atoms with Gasteiger partial charge in [0.2, 0.25) is 0 Å². The molecule has 0 atom stereocenters. The molecule has 0 aliphatic carbocycles. The first kappa shape index (κ1) is 12.6. The van der Waals surface area contributed by atoms with E-state index in [0.29, 0.717) is 12.1 Å². The highest BCUT2D eigenvalue weighted by Crippen LogP contribution is 2.23. The predicted octanol–water partition coefficient (Wildman–Crippen LogP) is 2.37. The standard InChI is InChI=1S/C16H15N3O/c17-9-15-13-7-6-12(8-14(13)16(20)10-18-15)19-11-4-2-1-3-5-11/h1-8,19H,9-10,17H2. The van der Waals surface area contributed by atoms with Crippen molar-refractivity contribution in [2.45, 2.75) is 0 Å². The van der Waals surface area contributed by atoms with Crippen molar-refractivity contribution in [3.05, 3.63) is 59.7 Å². The molecule has 0 bridgehead atoms. The van der Waals surface area contributed by atoms with Gasteiger partial charge in [-0.05, 0) is 24.3 Å². The first-order valence-corrected chi connectivity index (χ1v) is 6.51. The molecule has 4 heteroatoms. The smallest absolute Gasteiger partial charge is 0.184 e. The Morgan fingerprint density at radius 2 is 1.85 bits per heavy atom. The second-order valence-corrected chi connectivity index (χ2v) is 4.64. The number of aliphatic imine (C=N–C) groups is 1. The largest absolute Gasteiger partial charge is 0.356 e. The number of benzene rings is 2. The minimum atomic E-state index is 0.0360. The summed E-state index contributed by atoms with van der Waals surface area (Å²) >= 11 is 0. The Morgan fingerprint density at radius 1 is 1.05 bits per heavy atom. The van der Waals surface area contributed by atoms with Gasteiger partial charge in [0.1, 0.15) is 6.54 Å². The van der Waals surface area contributed by atoms with Gasteiger partial charge in [-0.1, -0.05) is 24.3 Å². The average molecular weight is 265 g/mol. The fourth-order valence-electron chi connectivity index (χ4n) is 2.30. The van der Waals surface area contributed by atoms with Crippen LogP contribution in [0.1, 0.15) is 15.9 Å². The molecule has 3 N–H and O–H groups in total. The summed E-state index contributed by atoms with van der Waals surface area (Å²) in [5.74, 6) is 0.0360. The van der Waals surface area contributed by atoms with Crippen LogP contribution in [0.5, 0.6) is 0 Å². The van der Waals surface area contributed by atoms with Crippen LogP contribution in [0.25, 0.3) is 0 Å². The zero-order valence-electron chi connectivity index (χ0n) is 11.0. The molecule has 100 valence electrons. The number of ketones is 1. The molecule has 3 rings (SSSR count). The summed E-state index contributed by atoms with van der Waals surface area (Å²) in [6.45, 7) is 0.542. The van der Waals surface area contributed by atoms with Crippen molar-refractivity contribution in [3.8, 4) is 0 Å². The van der Waals surface area contributed by atoms with E-state index >= 15 is 0 Å². The third-order valence-corrected chi connectivity index (χ3v) is 3.30. The Hall–Kier alpha value is -2.46. The Morgan fingerprint density at radius 3 is 2.60 bits per heavy atom. The summed E-state index contributed by atoms with van der Waals surface area (Å²) in [4.78, 5) is 16.2. The maximum Gasteiger partial charge on any atom is 0.184 e. The van der Waals surface area contributed by atoms with Crippen LogP contribution < -0.4 is 11.1 Å². The van der Waals surface area contributed by atoms with Gasteiger partial charge in [0.05, 0.1) is 5.71 Å². The third-order valence-electron chi connectivity index (χ3n) is 3.30. The lowest BCUT2D eigenvalue weighted by Crippen LogP contribution is -2.24. The Balaban J connectivity index is 1.95. The quantitative estimate of drug-likeness (QED) is 0.895. The van der Waals surface area contributed by atoms with Crippen LogP contribution in [0, 0.1) is 0 Å². The Labute approximate surface area is 117 Å². The molecule has 0 saturated carbocycles. The Kier molecular flexibility index (Phi) is 3.31. The molecule has 0 spiro atoms. The minimum absolute atomic E-state index is 0.0360. The van der Waals surface area contributed by atoms with E-state index in [1.165, 1.54) is 0 Å². The number of carbonyl (C=O) groups excluding carboxylic acids is 1. The summed E-state index contributed by atoms with van der Waals surface area (Å²) in [7, 11) is 0. The Bertz CT molecular complexity index is 677. The van der Waals surface area contributed by atoms with Crippen LogP contribution in [-0.2, 0) is 0 Å². The molecule has 0 fully saturated rings. The lowest BCUT2D eigenvalue weighted by Gasteiger charge is -2.16. The van der Waals surface area contributed by atoms with Crippen LogP contribution in [-0.4, -0.2) is 24.6 Å². The number of fused-ring (bicyclic) bond motifs is 1. The molecule has 0 aromatic heterocycles. The van der Waals surface area contributed by atoms with E-state index in [-0.39, 0.29) is 12.3 Å². The normalized spacial score (nSPS) is 13.7. The maximum atomic E-state index is 12.0. The van der Waals surface area contributed by atoms with Crippen molar-refractivity contribution in [1.82, 2.24) is 0 Å². The van der Waals surface area contributed by atoms with Gasteiger partial charge in [-0.25, -0.2) is 0 Å². The second-order valence-electron chi connectivity index (χ2n) is 4.64. The fourth-order valence-corrected chi connectivity index (χ4v) is 2.30. The van der Waals surface area contributed by atoms with Gasteiger partial charge in [0.15, 0.2) is 5.78 Å². The summed E-state index contributed by atoms with van der Waals surface area (Å²) in [5, 5.41) is 3.28. The summed E-state index contributed by atoms with van der Waals surface area (Å²) in [6.07, 6.45) is 0. The lowest BCUT2D eigenvalue weighted by atomic mass is 9.96. The molecule has 4 nitrogen and oxygen atoms in total. The molecule has 2 aromatic carbocycles. The molecule has 1 aliphatic heterocycles. The number of nitrogens with one attached hydrogen (secondary N) is 1. The number of hydrogen-bond acceptors (Lipinski definition) is 4. The van der Waals surface area contributed by atoms with Crippen LogP contribution in [0.15, 0.2) is 53.5 Å². The van der Waals surface area contributed by atoms with Crippen LogP contribution >= 0.6 is 0 Å². The van der Waals surface area contributed by atoms with Crippen molar-refractivity contribution in [2.24, 2.45) is 10.7 Å². The fraction of sp³-hybridized carbons (Fsp3) is 0.125.